The molecule has 0 aromatic heterocycles. The molecule has 0 unspecified atom stereocenters. The minimum atomic E-state index is 1.00. The molecule has 11 heavy (non-hydrogen) atoms. The first-order valence-corrected chi connectivity index (χ1v) is 3.68. The van der Waals surface area contributed by atoms with Crippen molar-refractivity contribution in [1.82, 2.24) is 0 Å². The molecule has 0 saturated carbocycles. The smallest absolute Gasteiger partial charge is 0.0701 e. The molecule has 1 aromatic carbocycles. The van der Waals surface area contributed by atoms with E-state index >= 15 is 0 Å². The third-order valence-corrected chi connectivity index (χ3v) is 1.24. The second-order valence-corrected chi connectivity index (χ2v) is 2.23. The van der Waals surface area contributed by atoms with E-state index in [0.29, 0.717) is 0 Å². The van der Waals surface area contributed by atoms with E-state index in [1.54, 1.807) is 0 Å². The molecule has 0 atom stereocenters. The van der Waals surface area contributed by atoms with Crippen molar-refractivity contribution < 1.29 is 4.74 Å². The van der Waals surface area contributed by atoms with Gasteiger partial charge in [-0.3, -0.25) is 0 Å². The van der Waals surface area contributed by atoms with Gasteiger partial charge in [-0.05, 0) is 5.56 Å². The van der Waals surface area contributed by atoms with Gasteiger partial charge in [-0.1, -0.05) is 43.0 Å². The van der Waals surface area contributed by atoms with Gasteiger partial charge in [0.25, 0.3) is 0 Å². The molecular weight excluding hydrogens is 136 g/mol. The van der Waals surface area contributed by atoms with Crippen molar-refractivity contribution in [3.63, 3.8) is 0 Å². The Morgan fingerprint density at radius 2 is 1.73 bits per heavy atom. The van der Waals surface area contributed by atoms with Gasteiger partial charge < -0.3 is 4.74 Å². The van der Waals surface area contributed by atoms with E-state index in [9.17, 15) is 0 Å². The summed E-state index contributed by atoms with van der Waals surface area (Å²) in [5, 5.41) is 0. The fraction of sp³-hybridized carbons (Fsp3) is 0.200. The van der Waals surface area contributed by atoms with Crippen LogP contribution in [0.1, 0.15) is 5.56 Å². The summed E-state index contributed by atoms with van der Waals surface area (Å²) in [7, 11) is 0. The molecular formula is C10H12O. The number of benzene rings is 1. The minimum Gasteiger partial charge on any atom is -0.377 e. The van der Waals surface area contributed by atoms with E-state index in [2.05, 4.69) is 11.3 Å². The summed E-state index contributed by atoms with van der Waals surface area (Å²) in [5.41, 5.74) is 1.17. The molecule has 1 nitrogen and oxygen atoms in total. The van der Waals surface area contributed by atoms with Gasteiger partial charge in [0.15, 0.2) is 0 Å². The second kappa shape index (κ2) is 4.69. The van der Waals surface area contributed by atoms with Crippen molar-refractivity contribution in [2.24, 2.45) is 0 Å². The lowest BCUT2D eigenvalue weighted by molar-refractivity contribution is 0.475. The van der Waals surface area contributed by atoms with Gasteiger partial charge in [0.05, 0.1) is 13.2 Å². The average molecular weight is 148 g/mol. The largest absolute Gasteiger partial charge is 0.377 e. The Bertz CT molecular complexity index is 199. The maximum Gasteiger partial charge on any atom is 0.0701 e. The van der Waals surface area contributed by atoms with Crippen LogP contribution in [0.2, 0.25) is 0 Å². The molecule has 1 fully saturated rings. The fourth-order valence-electron chi connectivity index (χ4n) is 0.589. The SMILES string of the molecule is C1CO1.C=Cc1ccccc1. The van der Waals surface area contributed by atoms with Crippen LogP contribution in [0.4, 0.5) is 0 Å². The number of rotatable bonds is 1. The number of epoxide rings is 1. The maximum atomic E-state index is 4.50. The molecule has 1 heteroatoms. The molecule has 1 heterocycles. The van der Waals surface area contributed by atoms with E-state index < -0.39 is 0 Å². The van der Waals surface area contributed by atoms with Gasteiger partial charge in [0, 0.05) is 0 Å². The number of ether oxygens (including phenoxy) is 1. The lowest BCUT2D eigenvalue weighted by Crippen LogP contribution is -1.63. The van der Waals surface area contributed by atoms with Gasteiger partial charge in [-0.25, -0.2) is 0 Å². The van der Waals surface area contributed by atoms with Crippen molar-refractivity contribution in [2.75, 3.05) is 13.2 Å². The molecule has 2 rings (SSSR count). The van der Waals surface area contributed by atoms with E-state index in [-0.39, 0.29) is 0 Å². The highest BCUT2D eigenvalue weighted by molar-refractivity contribution is 5.45. The predicted octanol–water partition coefficient (Wildman–Crippen LogP) is 2.35. The molecule has 0 aliphatic carbocycles. The summed E-state index contributed by atoms with van der Waals surface area (Å²) in [6, 6.07) is 10.0. The summed E-state index contributed by atoms with van der Waals surface area (Å²) < 4.78 is 4.50. The Morgan fingerprint density at radius 3 is 2.00 bits per heavy atom. The molecule has 0 radical (unpaired) electrons. The van der Waals surface area contributed by atoms with E-state index in [4.69, 9.17) is 0 Å². The highest BCUT2D eigenvalue weighted by atomic mass is 16.6. The van der Waals surface area contributed by atoms with Gasteiger partial charge in [-0.2, -0.15) is 0 Å². The molecule has 0 bridgehead atoms. The van der Waals surface area contributed by atoms with Crippen LogP contribution in [0.25, 0.3) is 6.08 Å². The number of hydrogen-bond donors (Lipinski definition) is 0. The maximum absolute atomic E-state index is 4.50. The summed E-state index contributed by atoms with van der Waals surface area (Å²) >= 11 is 0. The standard InChI is InChI=1S/C8H8.C2H4O/c1-2-8-6-4-3-5-7-8;1-2-3-1/h2-7H,1H2;1-2H2. The lowest BCUT2D eigenvalue weighted by Gasteiger charge is -1.85. The Balaban J connectivity index is 0.000000167. The van der Waals surface area contributed by atoms with Gasteiger partial charge in [0.1, 0.15) is 0 Å². The highest BCUT2D eigenvalue weighted by Crippen LogP contribution is 1.97. The van der Waals surface area contributed by atoms with E-state index in [0.717, 1.165) is 13.2 Å². The van der Waals surface area contributed by atoms with Crippen LogP contribution >= 0.6 is 0 Å². The minimum absolute atomic E-state index is 1.00. The Kier molecular flexibility index (Phi) is 3.42. The first kappa shape index (κ1) is 8.02. The third kappa shape index (κ3) is 4.34. The number of hydrogen-bond acceptors (Lipinski definition) is 1. The zero-order valence-corrected chi connectivity index (χ0v) is 6.49. The zero-order valence-electron chi connectivity index (χ0n) is 6.49. The van der Waals surface area contributed by atoms with Gasteiger partial charge in [0.2, 0.25) is 0 Å². The molecule has 1 saturated heterocycles. The summed E-state index contributed by atoms with van der Waals surface area (Å²) in [4.78, 5) is 0. The van der Waals surface area contributed by atoms with Crippen LogP contribution in [0.15, 0.2) is 36.9 Å². The Morgan fingerprint density at radius 1 is 1.18 bits per heavy atom. The van der Waals surface area contributed by atoms with Crippen LogP contribution in [0, 0.1) is 0 Å². The molecule has 0 N–H and O–H groups in total. The highest BCUT2D eigenvalue weighted by Gasteiger charge is 1.94. The zero-order chi connectivity index (χ0) is 7.94. The molecule has 1 aliphatic heterocycles. The topological polar surface area (TPSA) is 12.5 Å². The molecule has 0 spiro atoms. The van der Waals surface area contributed by atoms with Crippen LogP contribution in [-0.4, -0.2) is 13.2 Å². The van der Waals surface area contributed by atoms with Crippen molar-refractivity contribution in [1.29, 1.82) is 0 Å². The lowest BCUT2D eigenvalue weighted by atomic mass is 10.2. The van der Waals surface area contributed by atoms with Crippen molar-refractivity contribution in [2.45, 2.75) is 0 Å². The molecule has 1 aliphatic rings. The van der Waals surface area contributed by atoms with Crippen LogP contribution < -0.4 is 0 Å². The van der Waals surface area contributed by atoms with E-state index in [1.807, 2.05) is 36.4 Å². The van der Waals surface area contributed by atoms with Gasteiger partial charge >= 0.3 is 0 Å². The Labute approximate surface area is 67.3 Å². The average Bonchev–Trinajstić information content (AvgIpc) is 2.92. The van der Waals surface area contributed by atoms with Gasteiger partial charge in [-0.15, -0.1) is 0 Å². The molecule has 1 aromatic rings. The van der Waals surface area contributed by atoms with Crippen molar-refractivity contribution in [3.8, 4) is 0 Å². The second-order valence-electron chi connectivity index (χ2n) is 2.23. The molecule has 58 valence electrons. The van der Waals surface area contributed by atoms with Crippen LogP contribution in [0.5, 0.6) is 0 Å². The molecule has 0 amide bonds. The first-order chi connectivity index (χ1) is 5.43. The van der Waals surface area contributed by atoms with Crippen molar-refractivity contribution in [3.05, 3.63) is 42.5 Å². The van der Waals surface area contributed by atoms with Crippen LogP contribution in [-0.2, 0) is 4.74 Å². The monoisotopic (exact) mass is 148 g/mol. The fourth-order valence-corrected chi connectivity index (χ4v) is 0.589. The normalized spacial score (nSPS) is 12.7. The third-order valence-electron chi connectivity index (χ3n) is 1.24. The predicted molar refractivity (Wildman–Crippen MR) is 47.4 cm³/mol. The Hall–Kier alpha value is -1.08. The summed E-state index contributed by atoms with van der Waals surface area (Å²) in [5.74, 6) is 0. The van der Waals surface area contributed by atoms with Crippen LogP contribution in [0.3, 0.4) is 0 Å². The quantitative estimate of drug-likeness (QED) is 0.557. The first-order valence-electron chi connectivity index (χ1n) is 3.68. The van der Waals surface area contributed by atoms with E-state index in [1.165, 1.54) is 5.56 Å². The summed E-state index contributed by atoms with van der Waals surface area (Å²) in [6.07, 6.45) is 1.83. The summed E-state index contributed by atoms with van der Waals surface area (Å²) in [6.45, 7) is 5.63. The van der Waals surface area contributed by atoms with Crippen molar-refractivity contribution >= 4 is 6.08 Å².